The molecule has 0 spiro atoms. The molecule has 1 aliphatic heterocycles. The van der Waals surface area contributed by atoms with Gasteiger partial charge in [-0.05, 0) is 40.5 Å². The first-order chi connectivity index (χ1) is 8.81. The van der Waals surface area contributed by atoms with E-state index in [4.69, 9.17) is 14.2 Å². The van der Waals surface area contributed by atoms with Crippen molar-refractivity contribution in [1.82, 2.24) is 0 Å². The van der Waals surface area contributed by atoms with E-state index < -0.39 is 11.8 Å². The summed E-state index contributed by atoms with van der Waals surface area (Å²) in [7, 11) is 0. The van der Waals surface area contributed by atoms with Gasteiger partial charge in [0.25, 0.3) is 0 Å². The highest BCUT2D eigenvalue weighted by molar-refractivity contribution is 5.60. The van der Waals surface area contributed by atoms with Crippen LogP contribution in [-0.2, 0) is 14.2 Å². The van der Waals surface area contributed by atoms with Crippen LogP contribution in [0, 0.1) is 0 Å². The van der Waals surface area contributed by atoms with Crippen molar-refractivity contribution in [2.75, 3.05) is 0 Å². The van der Waals surface area contributed by atoms with E-state index in [-0.39, 0.29) is 18.3 Å². The summed E-state index contributed by atoms with van der Waals surface area (Å²) >= 11 is 0. The van der Waals surface area contributed by atoms with Crippen molar-refractivity contribution < 1.29 is 19.0 Å². The molecule has 0 aromatic carbocycles. The van der Waals surface area contributed by atoms with E-state index in [1.807, 2.05) is 27.7 Å². The third-order valence-corrected chi connectivity index (χ3v) is 2.79. The maximum absolute atomic E-state index is 11.7. The Morgan fingerprint density at radius 1 is 1.37 bits per heavy atom. The molecule has 0 aliphatic carbocycles. The van der Waals surface area contributed by atoms with Gasteiger partial charge in [0.15, 0.2) is 0 Å². The Bertz CT molecular complexity index is 317. The molecule has 4 heteroatoms. The maximum Gasteiger partial charge on any atom is 0.509 e. The summed E-state index contributed by atoms with van der Waals surface area (Å²) in [5.41, 5.74) is -0.528. The molecule has 1 saturated heterocycles. The van der Waals surface area contributed by atoms with Crippen LogP contribution >= 0.6 is 0 Å². The van der Waals surface area contributed by atoms with Crippen LogP contribution in [0.1, 0.15) is 53.9 Å². The molecule has 0 aromatic rings. The molecule has 3 atom stereocenters. The van der Waals surface area contributed by atoms with Crippen molar-refractivity contribution in [1.29, 1.82) is 0 Å². The molecule has 19 heavy (non-hydrogen) atoms. The summed E-state index contributed by atoms with van der Waals surface area (Å²) in [5, 5.41) is 0. The standard InChI is InChI=1S/C15H26O4/c1-6-7-8-9-12-13(10-11(2)17-12)18-14(16)19-15(3,4)5/h7-8,11-13H,6,9-10H2,1-5H3/b8-7+/t11-,12+,13+/m1/s1. The second-order valence-electron chi connectivity index (χ2n) is 5.96. The van der Waals surface area contributed by atoms with E-state index in [1.165, 1.54) is 0 Å². The van der Waals surface area contributed by atoms with E-state index in [0.29, 0.717) is 0 Å². The Kier molecular flexibility index (Phi) is 5.85. The van der Waals surface area contributed by atoms with Gasteiger partial charge in [-0.2, -0.15) is 0 Å². The SMILES string of the molecule is CC/C=C/C[C@@H]1O[C@H](C)C[C@@H]1OC(=O)OC(C)(C)C. The van der Waals surface area contributed by atoms with Crippen molar-refractivity contribution in [2.45, 2.75) is 77.8 Å². The summed E-state index contributed by atoms with van der Waals surface area (Å²) in [4.78, 5) is 11.7. The first kappa shape index (κ1) is 16.0. The van der Waals surface area contributed by atoms with Gasteiger partial charge < -0.3 is 14.2 Å². The summed E-state index contributed by atoms with van der Waals surface area (Å²) < 4.78 is 16.3. The molecule has 0 aromatic heterocycles. The van der Waals surface area contributed by atoms with Crippen LogP contribution in [0.4, 0.5) is 4.79 Å². The first-order valence-electron chi connectivity index (χ1n) is 7.02. The molecule has 4 nitrogen and oxygen atoms in total. The monoisotopic (exact) mass is 270 g/mol. The van der Waals surface area contributed by atoms with E-state index >= 15 is 0 Å². The highest BCUT2D eigenvalue weighted by Crippen LogP contribution is 2.26. The Hall–Kier alpha value is -1.03. The normalized spacial score (nSPS) is 27.7. The van der Waals surface area contributed by atoms with Crippen molar-refractivity contribution in [3.05, 3.63) is 12.2 Å². The topological polar surface area (TPSA) is 44.8 Å². The lowest BCUT2D eigenvalue weighted by Gasteiger charge is -2.22. The number of hydrogen-bond acceptors (Lipinski definition) is 4. The average molecular weight is 270 g/mol. The second-order valence-corrected chi connectivity index (χ2v) is 5.96. The van der Waals surface area contributed by atoms with Gasteiger partial charge >= 0.3 is 6.16 Å². The van der Waals surface area contributed by atoms with Crippen LogP contribution in [0.2, 0.25) is 0 Å². The van der Waals surface area contributed by atoms with Gasteiger partial charge in [-0.15, -0.1) is 0 Å². The lowest BCUT2D eigenvalue weighted by atomic mass is 10.1. The highest BCUT2D eigenvalue weighted by atomic mass is 16.7. The Morgan fingerprint density at radius 3 is 2.63 bits per heavy atom. The quantitative estimate of drug-likeness (QED) is 0.575. The zero-order valence-corrected chi connectivity index (χ0v) is 12.6. The average Bonchev–Trinajstić information content (AvgIpc) is 2.56. The zero-order chi connectivity index (χ0) is 14.5. The zero-order valence-electron chi connectivity index (χ0n) is 12.6. The lowest BCUT2D eigenvalue weighted by Crippen LogP contribution is -2.31. The number of carbonyl (C=O) groups is 1. The minimum atomic E-state index is -0.611. The van der Waals surface area contributed by atoms with Gasteiger partial charge in [0.1, 0.15) is 11.7 Å². The molecule has 0 bridgehead atoms. The first-order valence-corrected chi connectivity index (χ1v) is 7.02. The minimum Gasteiger partial charge on any atom is -0.429 e. The van der Waals surface area contributed by atoms with Gasteiger partial charge in [0, 0.05) is 6.42 Å². The predicted molar refractivity (Wildman–Crippen MR) is 74.1 cm³/mol. The van der Waals surface area contributed by atoms with Gasteiger partial charge in [-0.3, -0.25) is 0 Å². The molecule has 0 radical (unpaired) electrons. The molecule has 110 valence electrons. The molecule has 0 N–H and O–H groups in total. The lowest BCUT2D eigenvalue weighted by molar-refractivity contribution is -0.0463. The van der Waals surface area contributed by atoms with E-state index in [1.54, 1.807) is 0 Å². The molecule has 0 unspecified atom stereocenters. The predicted octanol–water partition coefficient (Wildman–Crippen LogP) is 3.84. The minimum absolute atomic E-state index is 0.0645. The maximum atomic E-state index is 11.7. The van der Waals surface area contributed by atoms with E-state index in [2.05, 4.69) is 19.1 Å². The third kappa shape index (κ3) is 6.10. The van der Waals surface area contributed by atoms with Crippen LogP contribution in [0.15, 0.2) is 12.2 Å². The molecule has 0 amide bonds. The van der Waals surface area contributed by atoms with Gasteiger partial charge in [-0.25, -0.2) is 4.79 Å². The number of ether oxygens (including phenoxy) is 3. The van der Waals surface area contributed by atoms with E-state index in [9.17, 15) is 4.79 Å². The summed E-state index contributed by atoms with van der Waals surface area (Å²) in [6.07, 6.45) is 5.89. The second kappa shape index (κ2) is 6.94. The molecule has 1 rings (SSSR count). The molecule has 1 fully saturated rings. The third-order valence-electron chi connectivity index (χ3n) is 2.79. The molecular formula is C15H26O4. The van der Waals surface area contributed by atoms with Crippen LogP contribution < -0.4 is 0 Å². The Morgan fingerprint density at radius 2 is 2.05 bits per heavy atom. The summed E-state index contributed by atoms with van der Waals surface area (Å²) in [6.45, 7) is 9.55. The molecule has 1 aliphatic rings. The van der Waals surface area contributed by atoms with Crippen molar-refractivity contribution in [2.24, 2.45) is 0 Å². The van der Waals surface area contributed by atoms with Crippen molar-refractivity contribution in [3.8, 4) is 0 Å². The van der Waals surface area contributed by atoms with Gasteiger partial charge in [0.2, 0.25) is 0 Å². The van der Waals surface area contributed by atoms with Gasteiger partial charge in [-0.1, -0.05) is 19.1 Å². The summed E-state index contributed by atoms with van der Waals surface area (Å²) in [5.74, 6) is 0. The summed E-state index contributed by atoms with van der Waals surface area (Å²) in [6, 6.07) is 0. The largest absolute Gasteiger partial charge is 0.509 e. The Labute approximate surface area is 116 Å². The highest BCUT2D eigenvalue weighted by Gasteiger charge is 2.36. The fourth-order valence-corrected chi connectivity index (χ4v) is 2.05. The molecule has 1 heterocycles. The fourth-order valence-electron chi connectivity index (χ4n) is 2.05. The van der Waals surface area contributed by atoms with E-state index in [0.717, 1.165) is 19.3 Å². The van der Waals surface area contributed by atoms with Crippen molar-refractivity contribution in [3.63, 3.8) is 0 Å². The Balaban J connectivity index is 2.49. The smallest absolute Gasteiger partial charge is 0.429 e. The van der Waals surface area contributed by atoms with Crippen LogP contribution in [0.5, 0.6) is 0 Å². The molecular weight excluding hydrogens is 244 g/mol. The molecule has 0 saturated carbocycles. The number of carbonyl (C=O) groups excluding carboxylic acids is 1. The fraction of sp³-hybridized carbons (Fsp3) is 0.800. The number of hydrogen-bond donors (Lipinski definition) is 0. The van der Waals surface area contributed by atoms with Crippen LogP contribution in [0.3, 0.4) is 0 Å². The van der Waals surface area contributed by atoms with Gasteiger partial charge in [0.05, 0.1) is 12.2 Å². The number of rotatable bonds is 4. The van der Waals surface area contributed by atoms with Crippen molar-refractivity contribution >= 4 is 6.16 Å². The van der Waals surface area contributed by atoms with Crippen LogP contribution in [0.25, 0.3) is 0 Å². The number of allylic oxidation sites excluding steroid dienone is 1. The van der Waals surface area contributed by atoms with Crippen LogP contribution in [-0.4, -0.2) is 30.1 Å².